The molecule has 0 aliphatic heterocycles. The highest BCUT2D eigenvalue weighted by atomic mass is 35.5. The molecule has 0 unspecified atom stereocenters. The van der Waals surface area contributed by atoms with E-state index in [4.69, 9.17) is 26.0 Å². The molecule has 41 heavy (non-hydrogen) atoms. The maximum Gasteiger partial charge on any atom is 0.303 e. The highest BCUT2D eigenvalue weighted by Crippen LogP contribution is 2.36. The molecule has 212 valence electrons. The SMILES string of the molecule is Cc1ccc(S(=O)(=O)n2ccc3c(CCCC(=O)O)ccc(-c4noc(-c5ccc(OC(C)C)c(Cl)c5)n4)c32)cc1. The number of aryl methyl sites for hydroxylation is 2. The first-order chi connectivity index (χ1) is 19.5. The summed E-state index contributed by atoms with van der Waals surface area (Å²) < 4.78 is 40.1. The number of carboxylic acid groups (broad SMARTS) is 1. The zero-order chi connectivity index (χ0) is 29.3. The zero-order valence-corrected chi connectivity index (χ0v) is 24.2. The average Bonchev–Trinajstić information content (AvgIpc) is 3.59. The fourth-order valence-corrected chi connectivity index (χ4v) is 6.17. The molecule has 1 N–H and O–H groups in total. The van der Waals surface area contributed by atoms with Crippen molar-refractivity contribution in [2.45, 2.75) is 51.0 Å². The molecule has 0 aliphatic carbocycles. The summed E-state index contributed by atoms with van der Waals surface area (Å²) in [5.74, 6) is 0.0426. The summed E-state index contributed by atoms with van der Waals surface area (Å²) in [6, 6.07) is 17.1. The van der Waals surface area contributed by atoms with Crippen molar-refractivity contribution in [1.29, 1.82) is 0 Å². The lowest BCUT2D eigenvalue weighted by Gasteiger charge is -2.12. The maximum absolute atomic E-state index is 13.8. The minimum Gasteiger partial charge on any atom is -0.489 e. The molecule has 0 saturated carbocycles. The van der Waals surface area contributed by atoms with Crippen LogP contribution in [0.25, 0.3) is 33.7 Å². The first kappa shape index (κ1) is 28.4. The van der Waals surface area contributed by atoms with Gasteiger partial charge in [0.05, 0.1) is 21.5 Å². The van der Waals surface area contributed by atoms with E-state index in [1.54, 1.807) is 54.6 Å². The Balaban J connectivity index is 1.61. The maximum atomic E-state index is 13.8. The van der Waals surface area contributed by atoms with Gasteiger partial charge in [0.2, 0.25) is 5.82 Å². The lowest BCUT2D eigenvalue weighted by Crippen LogP contribution is -2.12. The molecule has 3 aromatic carbocycles. The van der Waals surface area contributed by atoms with Crippen molar-refractivity contribution >= 4 is 38.5 Å². The number of carboxylic acids is 1. The number of ether oxygens (including phenoxy) is 1. The van der Waals surface area contributed by atoms with Crippen LogP contribution in [-0.2, 0) is 21.2 Å². The van der Waals surface area contributed by atoms with E-state index in [0.29, 0.717) is 45.6 Å². The van der Waals surface area contributed by atoms with Crippen molar-refractivity contribution in [1.82, 2.24) is 14.1 Å². The third-order valence-electron chi connectivity index (χ3n) is 6.53. The van der Waals surface area contributed by atoms with Gasteiger partial charge in [-0.15, -0.1) is 0 Å². The number of benzene rings is 3. The molecule has 9 nitrogen and oxygen atoms in total. The molecule has 2 heterocycles. The Bertz CT molecular complexity index is 1840. The Morgan fingerprint density at radius 3 is 2.54 bits per heavy atom. The van der Waals surface area contributed by atoms with Crippen molar-refractivity contribution in [3.8, 4) is 28.6 Å². The van der Waals surface area contributed by atoms with Crippen LogP contribution in [-0.4, -0.2) is 39.7 Å². The van der Waals surface area contributed by atoms with E-state index in [1.807, 2.05) is 26.8 Å². The van der Waals surface area contributed by atoms with Crippen molar-refractivity contribution in [3.05, 3.63) is 83.0 Å². The summed E-state index contributed by atoms with van der Waals surface area (Å²) in [6.45, 7) is 5.69. The molecule has 0 spiro atoms. The zero-order valence-electron chi connectivity index (χ0n) is 22.7. The van der Waals surface area contributed by atoms with Gasteiger partial charge >= 0.3 is 5.97 Å². The summed E-state index contributed by atoms with van der Waals surface area (Å²) in [6.07, 6.45) is 2.32. The van der Waals surface area contributed by atoms with Crippen LogP contribution in [0.1, 0.15) is 37.8 Å². The molecule has 0 atom stereocenters. The number of hydrogen-bond donors (Lipinski definition) is 1. The van der Waals surface area contributed by atoms with E-state index in [1.165, 1.54) is 10.2 Å². The number of aliphatic carboxylic acids is 1. The number of hydrogen-bond acceptors (Lipinski definition) is 7. The van der Waals surface area contributed by atoms with Crippen molar-refractivity contribution < 1.29 is 27.6 Å². The number of nitrogens with zero attached hydrogens (tertiary/aromatic N) is 3. The van der Waals surface area contributed by atoms with Gasteiger partial charge in [-0.3, -0.25) is 4.79 Å². The lowest BCUT2D eigenvalue weighted by molar-refractivity contribution is -0.137. The Hall–Kier alpha value is -4.15. The van der Waals surface area contributed by atoms with Crippen LogP contribution in [0.15, 0.2) is 76.3 Å². The van der Waals surface area contributed by atoms with Crippen LogP contribution >= 0.6 is 11.6 Å². The summed E-state index contributed by atoms with van der Waals surface area (Å²) in [5.41, 5.74) is 3.16. The second kappa shape index (κ2) is 11.4. The van der Waals surface area contributed by atoms with Crippen LogP contribution in [0.5, 0.6) is 5.75 Å². The highest BCUT2D eigenvalue weighted by Gasteiger charge is 2.24. The van der Waals surface area contributed by atoms with Gasteiger partial charge in [-0.25, -0.2) is 12.4 Å². The standard InChI is InChI=1S/C30H28ClN3O6S/c1-18(2)39-26-14-10-21(17-25(26)31)30-32-29(33-40-30)24-13-9-20(5-4-6-27(35)36)23-15-16-34(28(23)24)41(37,38)22-11-7-19(3)8-12-22/h7-18H,4-6H2,1-3H3,(H,35,36). The Morgan fingerprint density at radius 2 is 1.85 bits per heavy atom. The van der Waals surface area contributed by atoms with Gasteiger partial charge in [0.15, 0.2) is 0 Å². The van der Waals surface area contributed by atoms with Crippen LogP contribution in [0.2, 0.25) is 5.02 Å². The van der Waals surface area contributed by atoms with E-state index < -0.39 is 16.0 Å². The third kappa shape index (κ3) is 5.84. The van der Waals surface area contributed by atoms with E-state index in [2.05, 4.69) is 10.1 Å². The molecular formula is C30H28ClN3O6S. The second-order valence-electron chi connectivity index (χ2n) is 9.95. The molecule has 0 saturated heterocycles. The Kier molecular flexibility index (Phi) is 7.88. The van der Waals surface area contributed by atoms with E-state index in [-0.39, 0.29) is 29.1 Å². The van der Waals surface area contributed by atoms with Gasteiger partial charge in [-0.1, -0.05) is 40.5 Å². The normalized spacial score (nSPS) is 11.8. The predicted octanol–water partition coefficient (Wildman–Crippen LogP) is 6.75. The molecule has 0 fully saturated rings. The molecule has 2 aromatic heterocycles. The lowest BCUT2D eigenvalue weighted by atomic mass is 10.0. The topological polar surface area (TPSA) is 125 Å². The predicted molar refractivity (Wildman–Crippen MR) is 156 cm³/mol. The van der Waals surface area contributed by atoms with E-state index >= 15 is 0 Å². The molecule has 11 heteroatoms. The van der Waals surface area contributed by atoms with Crippen LogP contribution < -0.4 is 4.74 Å². The Labute approximate surface area is 242 Å². The van der Waals surface area contributed by atoms with Crippen LogP contribution in [0, 0.1) is 6.92 Å². The number of fused-ring (bicyclic) bond motifs is 1. The molecular weight excluding hydrogens is 566 g/mol. The van der Waals surface area contributed by atoms with E-state index in [0.717, 1.165) is 11.1 Å². The van der Waals surface area contributed by atoms with Gasteiger partial charge < -0.3 is 14.4 Å². The van der Waals surface area contributed by atoms with Gasteiger partial charge in [-0.05, 0) is 81.6 Å². The number of halogens is 1. The van der Waals surface area contributed by atoms with Gasteiger partial charge in [0.1, 0.15) is 5.75 Å². The fraction of sp³-hybridized carbons (Fsp3) is 0.233. The molecule has 0 amide bonds. The molecule has 5 rings (SSSR count). The van der Waals surface area contributed by atoms with Gasteiger partial charge in [0, 0.05) is 29.1 Å². The second-order valence-corrected chi connectivity index (χ2v) is 12.2. The first-order valence-electron chi connectivity index (χ1n) is 13.0. The molecule has 0 aliphatic rings. The van der Waals surface area contributed by atoms with E-state index in [9.17, 15) is 13.2 Å². The number of aromatic nitrogens is 3. The molecule has 0 radical (unpaired) electrons. The average molecular weight is 594 g/mol. The molecule has 0 bridgehead atoms. The monoisotopic (exact) mass is 593 g/mol. The summed E-state index contributed by atoms with van der Waals surface area (Å²) in [7, 11) is -3.98. The number of carbonyl (C=O) groups is 1. The minimum absolute atomic E-state index is 0.00335. The third-order valence-corrected chi connectivity index (χ3v) is 8.51. The van der Waals surface area contributed by atoms with Crippen LogP contribution in [0.4, 0.5) is 0 Å². The highest BCUT2D eigenvalue weighted by molar-refractivity contribution is 7.90. The number of rotatable bonds is 10. The summed E-state index contributed by atoms with van der Waals surface area (Å²) >= 11 is 6.41. The molecule has 5 aromatic rings. The first-order valence-corrected chi connectivity index (χ1v) is 14.8. The van der Waals surface area contributed by atoms with Gasteiger partial charge in [-0.2, -0.15) is 4.98 Å². The van der Waals surface area contributed by atoms with Crippen molar-refractivity contribution in [3.63, 3.8) is 0 Å². The van der Waals surface area contributed by atoms with Crippen molar-refractivity contribution in [2.75, 3.05) is 0 Å². The van der Waals surface area contributed by atoms with Crippen LogP contribution in [0.3, 0.4) is 0 Å². The quantitative estimate of drug-likeness (QED) is 0.188. The van der Waals surface area contributed by atoms with Crippen molar-refractivity contribution in [2.24, 2.45) is 0 Å². The smallest absolute Gasteiger partial charge is 0.303 e. The fourth-order valence-electron chi connectivity index (χ4n) is 4.58. The summed E-state index contributed by atoms with van der Waals surface area (Å²) in [4.78, 5) is 15.8. The largest absolute Gasteiger partial charge is 0.489 e. The van der Waals surface area contributed by atoms with Gasteiger partial charge in [0.25, 0.3) is 15.9 Å². The minimum atomic E-state index is -3.98. The Morgan fingerprint density at radius 1 is 1.10 bits per heavy atom. The summed E-state index contributed by atoms with van der Waals surface area (Å²) in [5, 5.41) is 14.3.